The van der Waals surface area contributed by atoms with E-state index in [0.29, 0.717) is 44.8 Å². The molecule has 2 fully saturated rings. The quantitative estimate of drug-likeness (QED) is 0.580. The topological polar surface area (TPSA) is 61.9 Å². The van der Waals surface area contributed by atoms with Gasteiger partial charge in [-0.25, -0.2) is 8.78 Å². The second-order valence-corrected chi connectivity index (χ2v) is 9.36. The van der Waals surface area contributed by atoms with E-state index in [9.17, 15) is 18.4 Å². The van der Waals surface area contributed by atoms with Gasteiger partial charge in [0, 0.05) is 50.4 Å². The molecule has 8 heteroatoms. The van der Waals surface area contributed by atoms with Crippen molar-refractivity contribution in [1.82, 2.24) is 15.1 Å². The minimum Gasteiger partial charge on any atom is -0.466 e. The van der Waals surface area contributed by atoms with Gasteiger partial charge in [0.05, 0.1) is 18.6 Å². The number of ether oxygens (including phenoxy) is 1. The van der Waals surface area contributed by atoms with Gasteiger partial charge in [-0.05, 0) is 37.8 Å². The lowest BCUT2D eigenvalue weighted by molar-refractivity contribution is -0.152. The van der Waals surface area contributed by atoms with Gasteiger partial charge in [0.15, 0.2) is 0 Å². The summed E-state index contributed by atoms with van der Waals surface area (Å²) in [7, 11) is 0. The number of nitrogens with zero attached hydrogens (tertiary/aromatic N) is 2. The molecular weight excluding hydrogens is 452 g/mol. The van der Waals surface area contributed by atoms with Gasteiger partial charge in [0.25, 0.3) is 0 Å². The van der Waals surface area contributed by atoms with Crippen molar-refractivity contribution in [3.05, 3.63) is 71.3 Å². The molecule has 188 valence electrons. The van der Waals surface area contributed by atoms with Crippen molar-refractivity contribution in [2.75, 3.05) is 26.2 Å². The fraction of sp³-hybridized carbons (Fsp3) is 0.481. The molecule has 2 aliphatic rings. The summed E-state index contributed by atoms with van der Waals surface area (Å²) >= 11 is 0. The standard InChI is InChI=1S/C27H33F2N3O3/c1-2-35-27(34)21-9-6-12-31(17-21)26(33)25-14-23(18-32(25)16-19-7-4-3-5-8-19)30-15-20-10-11-22(28)13-24(20)29/h3-5,7-8,10-11,13,21,23,25,30H,2,6,9,12,14-18H2,1H3/t21?,23-,25-/m0/s1. The van der Waals surface area contributed by atoms with E-state index < -0.39 is 11.6 Å². The summed E-state index contributed by atoms with van der Waals surface area (Å²) in [6.07, 6.45) is 2.08. The number of hydrogen-bond acceptors (Lipinski definition) is 5. The molecule has 0 aromatic heterocycles. The van der Waals surface area contributed by atoms with Gasteiger partial charge in [-0.3, -0.25) is 14.5 Å². The highest BCUT2D eigenvalue weighted by Gasteiger charge is 2.40. The van der Waals surface area contributed by atoms with Crippen LogP contribution in [0.1, 0.15) is 37.3 Å². The number of piperidine rings is 1. The first-order valence-electron chi connectivity index (χ1n) is 12.3. The SMILES string of the molecule is CCOC(=O)C1CCCN(C(=O)[C@@H]2C[C@H](NCc3ccc(F)cc3F)CN2Cc2ccccc2)C1. The molecule has 1 N–H and O–H groups in total. The van der Waals surface area contributed by atoms with Crippen LogP contribution in [0.3, 0.4) is 0 Å². The molecule has 3 atom stereocenters. The Kier molecular flexibility index (Phi) is 8.46. The highest BCUT2D eigenvalue weighted by atomic mass is 19.1. The third-order valence-electron chi connectivity index (χ3n) is 6.87. The van der Waals surface area contributed by atoms with Gasteiger partial charge in [-0.1, -0.05) is 36.4 Å². The first-order valence-corrected chi connectivity index (χ1v) is 12.3. The first-order chi connectivity index (χ1) is 16.9. The lowest BCUT2D eigenvalue weighted by Gasteiger charge is -2.35. The van der Waals surface area contributed by atoms with Gasteiger partial charge in [0.1, 0.15) is 11.6 Å². The molecule has 0 spiro atoms. The van der Waals surface area contributed by atoms with E-state index in [4.69, 9.17) is 4.74 Å². The van der Waals surface area contributed by atoms with E-state index >= 15 is 0 Å². The molecule has 1 amide bonds. The third kappa shape index (κ3) is 6.44. The van der Waals surface area contributed by atoms with Gasteiger partial charge < -0.3 is 15.0 Å². The number of rotatable bonds is 8. The minimum absolute atomic E-state index is 0.0205. The Morgan fingerprint density at radius 3 is 2.66 bits per heavy atom. The zero-order valence-electron chi connectivity index (χ0n) is 20.1. The molecule has 6 nitrogen and oxygen atoms in total. The van der Waals surface area contributed by atoms with Crippen LogP contribution in [0.5, 0.6) is 0 Å². The summed E-state index contributed by atoms with van der Waals surface area (Å²) in [6.45, 7) is 4.63. The summed E-state index contributed by atoms with van der Waals surface area (Å²) < 4.78 is 32.5. The lowest BCUT2D eigenvalue weighted by atomic mass is 9.97. The fourth-order valence-electron chi connectivity index (χ4n) is 5.06. The van der Waals surface area contributed by atoms with E-state index in [-0.39, 0.29) is 36.4 Å². The van der Waals surface area contributed by atoms with Gasteiger partial charge >= 0.3 is 5.97 Å². The van der Waals surface area contributed by atoms with Crippen molar-refractivity contribution in [2.45, 2.75) is 51.4 Å². The molecule has 35 heavy (non-hydrogen) atoms. The normalized spacial score (nSPS) is 22.8. The molecule has 2 aromatic carbocycles. The van der Waals surface area contributed by atoms with E-state index in [1.54, 1.807) is 11.8 Å². The van der Waals surface area contributed by atoms with E-state index in [1.165, 1.54) is 12.1 Å². The van der Waals surface area contributed by atoms with Crippen LogP contribution in [0, 0.1) is 17.6 Å². The van der Waals surface area contributed by atoms with E-state index in [1.807, 2.05) is 30.3 Å². The molecule has 4 rings (SSSR count). The highest BCUT2D eigenvalue weighted by Crippen LogP contribution is 2.26. The van der Waals surface area contributed by atoms with E-state index in [0.717, 1.165) is 24.5 Å². The number of esters is 1. The van der Waals surface area contributed by atoms with Crippen LogP contribution in [-0.4, -0.2) is 60.0 Å². The molecule has 0 bridgehead atoms. The van der Waals surface area contributed by atoms with Crippen LogP contribution in [0.4, 0.5) is 8.78 Å². The van der Waals surface area contributed by atoms with Crippen molar-refractivity contribution in [2.24, 2.45) is 5.92 Å². The average molecular weight is 486 g/mol. The number of benzene rings is 2. The number of halogens is 2. The van der Waals surface area contributed by atoms with Crippen LogP contribution in [0.25, 0.3) is 0 Å². The summed E-state index contributed by atoms with van der Waals surface area (Å²) in [6, 6.07) is 13.2. The summed E-state index contributed by atoms with van der Waals surface area (Å²) in [5.74, 6) is -1.69. The molecule has 2 saturated heterocycles. The van der Waals surface area contributed by atoms with Crippen LogP contribution in [0.2, 0.25) is 0 Å². The maximum atomic E-state index is 14.1. The van der Waals surface area contributed by atoms with Crippen LogP contribution in [-0.2, 0) is 27.4 Å². The second-order valence-electron chi connectivity index (χ2n) is 9.36. The minimum atomic E-state index is -0.602. The Hall–Kier alpha value is -2.84. The monoisotopic (exact) mass is 485 g/mol. The smallest absolute Gasteiger partial charge is 0.310 e. The van der Waals surface area contributed by atoms with Crippen LogP contribution < -0.4 is 5.32 Å². The molecule has 0 radical (unpaired) electrons. The second kappa shape index (κ2) is 11.7. The van der Waals surface area contributed by atoms with Crippen molar-refractivity contribution in [1.29, 1.82) is 0 Å². The zero-order chi connectivity index (χ0) is 24.8. The van der Waals surface area contributed by atoms with Crippen molar-refractivity contribution in [3.8, 4) is 0 Å². The van der Waals surface area contributed by atoms with Crippen LogP contribution in [0.15, 0.2) is 48.5 Å². The molecular formula is C27H33F2N3O3. The Bertz CT molecular complexity index is 1020. The Labute approximate surface area is 205 Å². The first kappa shape index (κ1) is 25.3. The van der Waals surface area contributed by atoms with Crippen LogP contribution >= 0.6 is 0 Å². The highest BCUT2D eigenvalue weighted by molar-refractivity contribution is 5.83. The van der Waals surface area contributed by atoms with Crippen molar-refractivity contribution < 1.29 is 23.1 Å². The molecule has 2 aromatic rings. The van der Waals surface area contributed by atoms with Crippen molar-refractivity contribution in [3.63, 3.8) is 0 Å². The molecule has 0 saturated carbocycles. The van der Waals surface area contributed by atoms with Gasteiger partial charge in [0.2, 0.25) is 5.91 Å². The largest absolute Gasteiger partial charge is 0.466 e. The zero-order valence-corrected chi connectivity index (χ0v) is 20.1. The number of amides is 1. The Morgan fingerprint density at radius 2 is 1.91 bits per heavy atom. The average Bonchev–Trinajstić information content (AvgIpc) is 3.26. The van der Waals surface area contributed by atoms with Gasteiger partial charge in [-0.2, -0.15) is 0 Å². The van der Waals surface area contributed by atoms with Gasteiger partial charge in [-0.15, -0.1) is 0 Å². The van der Waals surface area contributed by atoms with Crippen molar-refractivity contribution >= 4 is 11.9 Å². The summed E-state index contributed by atoms with van der Waals surface area (Å²) in [4.78, 5) is 29.9. The number of carbonyl (C=O) groups is 2. The molecule has 1 unspecified atom stereocenters. The lowest BCUT2D eigenvalue weighted by Crippen LogP contribution is -2.50. The summed E-state index contributed by atoms with van der Waals surface area (Å²) in [5, 5.41) is 3.36. The number of hydrogen-bond donors (Lipinski definition) is 1. The Morgan fingerprint density at radius 1 is 1.11 bits per heavy atom. The molecule has 2 heterocycles. The maximum Gasteiger partial charge on any atom is 0.310 e. The predicted molar refractivity (Wildman–Crippen MR) is 128 cm³/mol. The maximum absolute atomic E-state index is 14.1. The fourth-order valence-corrected chi connectivity index (χ4v) is 5.06. The molecule has 2 aliphatic heterocycles. The third-order valence-corrected chi connectivity index (χ3v) is 6.87. The summed E-state index contributed by atoms with van der Waals surface area (Å²) in [5.41, 5.74) is 1.50. The predicted octanol–water partition coefficient (Wildman–Crippen LogP) is 3.50. The molecule has 0 aliphatic carbocycles. The van der Waals surface area contributed by atoms with E-state index in [2.05, 4.69) is 10.2 Å². The number of likely N-dealkylation sites (tertiary alicyclic amines) is 2. The number of nitrogens with one attached hydrogen (secondary N) is 1. The number of carbonyl (C=O) groups excluding carboxylic acids is 2. The Balaban J connectivity index is 1.45.